The Morgan fingerprint density at radius 3 is 2.56 bits per heavy atom. The van der Waals surface area contributed by atoms with Gasteiger partial charge in [0.2, 0.25) is 5.91 Å². The third-order valence-electron chi connectivity index (χ3n) is 4.89. The molecule has 1 aliphatic heterocycles. The number of amides is 2. The van der Waals surface area contributed by atoms with Crippen LogP contribution in [0.1, 0.15) is 44.9 Å². The Bertz CT molecular complexity index is 963. The first-order valence-electron chi connectivity index (χ1n) is 10.2. The molecule has 1 aromatic carbocycles. The summed E-state index contributed by atoms with van der Waals surface area (Å²) in [5.74, 6) is -0.526. The summed E-state index contributed by atoms with van der Waals surface area (Å²) >= 11 is 0. The molecule has 32 heavy (non-hydrogen) atoms. The van der Waals surface area contributed by atoms with Crippen molar-refractivity contribution in [3.63, 3.8) is 0 Å². The summed E-state index contributed by atoms with van der Waals surface area (Å²) in [5, 5.41) is 12.9. The summed E-state index contributed by atoms with van der Waals surface area (Å²) in [5.41, 5.74) is 0.821. The Morgan fingerprint density at radius 1 is 1.25 bits per heavy atom. The monoisotopic (exact) mass is 448 g/mol. The van der Waals surface area contributed by atoms with Crippen LogP contribution in [0, 0.1) is 0 Å². The zero-order valence-electron chi connectivity index (χ0n) is 18.1. The van der Waals surface area contributed by atoms with Gasteiger partial charge in [-0.25, -0.2) is 23.5 Å². The molecular weight excluding hydrogens is 422 g/mol. The van der Waals surface area contributed by atoms with E-state index in [4.69, 9.17) is 4.74 Å². The topological polar surface area (TPSA) is 105 Å². The minimum atomic E-state index is -2.55. The Morgan fingerprint density at radius 2 is 1.94 bits per heavy atom. The number of benzene rings is 1. The average molecular weight is 448 g/mol. The zero-order valence-corrected chi connectivity index (χ0v) is 18.1. The largest absolute Gasteiger partial charge is 0.444 e. The lowest BCUT2D eigenvalue weighted by atomic mass is 10.1. The van der Waals surface area contributed by atoms with Gasteiger partial charge in [0, 0.05) is 17.7 Å². The minimum absolute atomic E-state index is 0.0366. The third kappa shape index (κ3) is 5.76. The zero-order chi connectivity index (χ0) is 23.5. The second kappa shape index (κ2) is 9.56. The number of ether oxygens (including phenoxy) is 1. The van der Waals surface area contributed by atoms with Crippen LogP contribution in [0.2, 0.25) is 0 Å². The van der Waals surface area contributed by atoms with Crippen LogP contribution in [0.4, 0.5) is 13.6 Å². The smallest absolute Gasteiger partial charge is 0.411 e. The van der Waals surface area contributed by atoms with Crippen molar-refractivity contribution in [2.24, 2.45) is 0 Å². The van der Waals surface area contributed by atoms with Gasteiger partial charge in [0.05, 0.1) is 24.0 Å². The SMILES string of the molecule is CC(C)(C)OC(=O)N1CC[C@@H](O)[C@H]1C(=O)NCc1cc(-c2ccc(C(F)F)cc2)ncn1. The van der Waals surface area contributed by atoms with Gasteiger partial charge in [-0.3, -0.25) is 9.69 Å². The van der Waals surface area contributed by atoms with Crippen LogP contribution in [0.25, 0.3) is 11.3 Å². The maximum atomic E-state index is 12.7. The van der Waals surface area contributed by atoms with E-state index in [1.165, 1.54) is 23.4 Å². The van der Waals surface area contributed by atoms with Crippen molar-refractivity contribution in [2.45, 2.75) is 57.9 Å². The van der Waals surface area contributed by atoms with Crippen molar-refractivity contribution in [3.8, 4) is 11.3 Å². The molecule has 172 valence electrons. The summed E-state index contributed by atoms with van der Waals surface area (Å²) in [7, 11) is 0. The van der Waals surface area contributed by atoms with E-state index in [1.54, 1.807) is 39.0 Å². The van der Waals surface area contributed by atoms with E-state index in [2.05, 4.69) is 15.3 Å². The van der Waals surface area contributed by atoms with Gasteiger partial charge in [-0.1, -0.05) is 24.3 Å². The molecule has 2 N–H and O–H groups in total. The first kappa shape index (κ1) is 23.5. The van der Waals surface area contributed by atoms with E-state index < -0.39 is 36.2 Å². The van der Waals surface area contributed by atoms with E-state index in [0.717, 1.165) is 0 Å². The van der Waals surface area contributed by atoms with E-state index in [0.29, 0.717) is 17.0 Å². The molecule has 10 heteroatoms. The fourth-order valence-electron chi connectivity index (χ4n) is 3.35. The molecule has 1 fully saturated rings. The number of hydrogen-bond donors (Lipinski definition) is 2. The van der Waals surface area contributed by atoms with Gasteiger partial charge in [-0.05, 0) is 33.3 Å². The summed E-state index contributed by atoms with van der Waals surface area (Å²) in [6.45, 7) is 5.41. The maximum absolute atomic E-state index is 12.7. The molecule has 1 saturated heterocycles. The van der Waals surface area contributed by atoms with Crippen molar-refractivity contribution >= 4 is 12.0 Å². The number of nitrogens with one attached hydrogen (secondary N) is 1. The molecule has 2 aromatic rings. The number of halogens is 2. The number of likely N-dealkylation sites (tertiary alicyclic amines) is 1. The number of carbonyl (C=O) groups is 2. The summed E-state index contributed by atoms with van der Waals surface area (Å²) < 4.78 is 30.8. The van der Waals surface area contributed by atoms with Crippen LogP contribution in [0.3, 0.4) is 0 Å². The number of aliphatic hydroxyl groups is 1. The highest BCUT2D eigenvalue weighted by molar-refractivity contribution is 5.87. The van der Waals surface area contributed by atoms with E-state index in [9.17, 15) is 23.5 Å². The van der Waals surface area contributed by atoms with E-state index in [1.807, 2.05) is 0 Å². The highest BCUT2D eigenvalue weighted by Crippen LogP contribution is 2.24. The molecule has 1 aromatic heterocycles. The molecule has 2 heterocycles. The predicted molar refractivity (Wildman–Crippen MR) is 112 cm³/mol. The Hall–Kier alpha value is -3.14. The van der Waals surface area contributed by atoms with Gasteiger partial charge in [0.15, 0.2) is 0 Å². The molecule has 0 bridgehead atoms. The molecule has 0 unspecified atom stereocenters. The van der Waals surface area contributed by atoms with Crippen molar-refractivity contribution in [1.82, 2.24) is 20.2 Å². The van der Waals surface area contributed by atoms with Gasteiger partial charge < -0.3 is 15.2 Å². The number of aromatic nitrogens is 2. The average Bonchev–Trinajstić information content (AvgIpc) is 3.13. The fourth-order valence-corrected chi connectivity index (χ4v) is 3.35. The highest BCUT2D eigenvalue weighted by atomic mass is 19.3. The normalized spacial score (nSPS) is 18.7. The summed E-state index contributed by atoms with van der Waals surface area (Å²) in [4.78, 5) is 34.6. The quantitative estimate of drug-likeness (QED) is 0.729. The fraction of sp³-hybridized carbons (Fsp3) is 0.455. The van der Waals surface area contributed by atoms with Crippen LogP contribution in [-0.4, -0.2) is 56.3 Å². The van der Waals surface area contributed by atoms with Crippen LogP contribution in [-0.2, 0) is 16.1 Å². The molecule has 3 rings (SSSR count). The Labute approximate surface area is 184 Å². The molecule has 8 nitrogen and oxygen atoms in total. The van der Waals surface area contributed by atoms with Gasteiger partial charge in [-0.15, -0.1) is 0 Å². The number of rotatable bonds is 5. The lowest BCUT2D eigenvalue weighted by molar-refractivity contribution is -0.128. The first-order valence-corrected chi connectivity index (χ1v) is 10.2. The molecular formula is C22H26F2N4O4. The van der Waals surface area contributed by atoms with E-state index in [-0.39, 0.29) is 25.1 Å². The van der Waals surface area contributed by atoms with Crippen molar-refractivity contribution < 1.29 is 28.2 Å². The number of nitrogens with zero attached hydrogens (tertiary/aromatic N) is 3. The Kier molecular flexibility index (Phi) is 7.02. The molecule has 0 radical (unpaired) electrons. The second-order valence-corrected chi connectivity index (χ2v) is 8.51. The number of alkyl halides is 2. The number of hydrogen-bond acceptors (Lipinski definition) is 6. The van der Waals surface area contributed by atoms with Crippen LogP contribution < -0.4 is 5.32 Å². The van der Waals surface area contributed by atoms with Crippen LogP contribution in [0.5, 0.6) is 0 Å². The van der Waals surface area contributed by atoms with Crippen LogP contribution in [0.15, 0.2) is 36.7 Å². The molecule has 0 saturated carbocycles. The standard InChI is InChI=1S/C22H26F2N4O4/c1-22(2,3)32-21(31)28-9-8-17(29)18(28)20(30)25-11-15-10-16(27-12-26-15)13-4-6-14(7-5-13)19(23)24/h4-7,10,12,17-19,29H,8-9,11H2,1-3H3,(H,25,30)/t17-,18+/m1/s1. The second-order valence-electron chi connectivity index (χ2n) is 8.51. The first-order chi connectivity index (χ1) is 15.0. The van der Waals surface area contributed by atoms with Gasteiger partial charge in [0.25, 0.3) is 6.43 Å². The molecule has 0 spiro atoms. The molecule has 1 aliphatic rings. The van der Waals surface area contributed by atoms with Crippen LogP contribution >= 0.6 is 0 Å². The summed E-state index contributed by atoms with van der Waals surface area (Å²) in [6, 6.07) is 6.31. The van der Waals surface area contributed by atoms with Gasteiger partial charge in [-0.2, -0.15) is 0 Å². The molecule has 2 atom stereocenters. The highest BCUT2D eigenvalue weighted by Gasteiger charge is 2.42. The third-order valence-corrected chi connectivity index (χ3v) is 4.89. The van der Waals surface area contributed by atoms with Crippen molar-refractivity contribution in [3.05, 3.63) is 47.9 Å². The van der Waals surface area contributed by atoms with Crippen molar-refractivity contribution in [1.29, 1.82) is 0 Å². The number of carbonyl (C=O) groups excluding carboxylic acids is 2. The lowest BCUT2D eigenvalue weighted by Crippen LogP contribution is -2.51. The van der Waals surface area contributed by atoms with Crippen molar-refractivity contribution in [2.75, 3.05) is 6.54 Å². The Balaban J connectivity index is 1.66. The molecule has 0 aliphatic carbocycles. The minimum Gasteiger partial charge on any atom is -0.444 e. The maximum Gasteiger partial charge on any atom is 0.411 e. The predicted octanol–water partition coefficient (Wildman–Crippen LogP) is 3.07. The van der Waals surface area contributed by atoms with Gasteiger partial charge >= 0.3 is 6.09 Å². The molecule has 2 amide bonds. The number of aliphatic hydroxyl groups excluding tert-OH is 1. The summed E-state index contributed by atoms with van der Waals surface area (Å²) in [6.07, 6.45) is -2.63. The van der Waals surface area contributed by atoms with Gasteiger partial charge in [0.1, 0.15) is 18.0 Å². The lowest BCUT2D eigenvalue weighted by Gasteiger charge is -2.28. The van der Waals surface area contributed by atoms with E-state index >= 15 is 0 Å².